The lowest BCUT2D eigenvalue weighted by atomic mass is 10.2. The van der Waals surface area contributed by atoms with Crippen molar-refractivity contribution in [3.05, 3.63) is 23.9 Å². The summed E-state index contributed by atoms with van der Waals surface area (Å²) in [4.78, 5) is 15.0. The van der Waals surface area contributed by atoms with Crippen molar-refractivity contribution in [3.63, 3.8) is 0 Å². The molecular weight excluding hydrogens is 291 g/mol. The van der Waals surface area contributed by atoms with Crippen LogP contribution in [0.2, 0.25) is 0 Å². The number of halogens is 3. The number of hydrogen-bond donors (Lipinski definition) is 3. The summed E-state index contributed by atoms with van der Waals surface area (Å²) in [5.41, 5.74) is 0.555. The highest BCUT2D eigenvalue weighted by Gasteiger charge is 2.28. The number of urea groups is 1. The molecule has 21 heavy (non-hydrogen) atoms. The lowest BCUT2D eigenvalue weighted by molar-refractivity contribution is -0.154. The monoisotopic (exact) mass is 307 g/mol. The number of pyridine rings is 1. The Hall–Kier alpha value is -2.03. The predicted octanol–water partition coefficient (Wildman–Crippen LogP) is 1.20. The molecule has 0 spiro atoms. The molecule has 0 fully saturated rings. The van der Waals surface area contributed by atoms with Crippen molar-refractivity contribution in [3.8, 4) is 5.88 Å². The number of hydrogen-bond acceptors (Lipinski definition) is 4. The van der Waals surface area contributed by atoms with Crippen molar-refractivity contribution >= 4 is 6.03 Å². The topological polar surface area (TPSA) is 83.5 Å². The third-order valence-electron chi connectivity index (χ3n) is 2.26. The number of aliphatic hydroxyl groups is 1. The Kier molecular flexibility index (Phi) is 6.73. The Morgan fingerprint density at radius 1 is 1.38 bits per heavy atom. The molecule has 0 saturated heterocycles. The van der Waals surface area contributed by atoms with E-state index in [1.165, 1.54) is 12.3 Å². The quantitative estimate of drug-likeness (QED) is 0.661. The molecule has 3 N–H and O–H groups in total. The lowest BCUT2D eigenvalue weighted by Gasteiger charge is -2.10. The molecule has 0 bridgehead atoms. The van der Waals surface area contributed by atoms with Crippen LogP contribution in [0.25, 0.3) is 0 Å². The molecule has 1 aromatic heterocycles. The van der Waals surface area contributed by atoms with Gasteiger partial charge in [0.05, 0.1) is 0 Å². The molecule has 1 aromatic rings. The van der Waals surface area contributed by atoms with E-state index < -0.39 is 18.8 Å². The van der Waals surface area contributed by atoms with Crippen molar-refractivity contribution in [2.24, 2.45) is 0 Å². The van der Waals surface area contributed by atoms with Crippen molar-refractivity contribution in [1.82, 2.24) is 15.6 Å². The van der Waals surface area contributed by atoms with Crippen LogP contribution in [-0.4, -0.2) is 42.1 Å². The summed E-state index contributed by atoms with van der Waals surface area (Å²) in [6.45, 7) is -0.989. The predicted molar refractivity (Wildman–Crippen MR) is 67.7 cm³/mol. The molecule has 0 radical (unpaired) electrons. The number of aliphatic hydroxyl groups excluding tert-OH is 1. The van der Waals surface area contributed by atoms with Crippen LogP contribution in [0.15, 0.2) is 18.3 Å². The van der Waals surface area contributed by atoms with E-state index in [4.69, 9.17) is 5.11 Å². The summed E-state index contributed by atoms with van der Waals surface area (Å²) in [5, 5.41) is 13.6. The van der Waals surface area contributed by atoms with Crippen LogP contribution in [0.5, 0.6) is 5.88 Å². The van der Waals surface area contributed by atoms with Crippen LogP contribution < -0.4 is 15.4 Å². The molecule has 0 aliphatic heterocycles. The fourth-order valence-electron chi connectivity index (χ4n) is 1.32. The molecule has 9 heteroatoms. The highest BCUT2D eigenvalue weighted by molar-refractivity contribution is 5.73. The minimum Gasteiger partial charge on any atom is -0.468 e. The molecule has 1 heterocycles. The van der Waals surface area contributed by atoms with Gasteiger partial charge in [0.25, 0.3) is 0 Å². The summed E-state index contributed by atoms with van der Waals surface area (Å²) in [7, 11) is 0. The summed E-state index contributed by atoms with van der Waals surface area (Å²) in [6, 6.07) is 2.44. The van der Waals surface area contributed by atoms with E-state index in [0.717, 1.165) is 0 Å². The van der Waals surface area contributed by atoms with E-state index in [1.54, 1.807) is 6.07 Å². The van der Waals surface area contributed by atoms with E-state index in [0.29, 0.717) is 18.5 Å². The Morgan fingerprint density at radius 3 is 2.81 bits per heavy atom. The van der Waals surface area contributed by atoms with Crippen LogP contribution in [0.3, 0.4) is 0 Å². The molecule has 118 valence electrons. The lowest BCUT2D eigenvalue weighted by Crippen LogP contribution is -2.35. The molecule has 0 aliphatic carbocycles. The summed E-state index contributed by atoms with van der Waals surface area (Å²) in [5.74, 6) is -0.160. The second kappa shape index (κ2) is 8.30. The molecule has 0 saturated carbocycles. The molecule has 1 rings (SSSR count). The number of alkyl halides is 3. The normalized spacial score (nSPS) is 11.0. The summed E-state index contributed by atoms with van der Waals surface area (Å²) in [6.07, 6.45) is -2.69. The SMILES string of the molecule is O=C(NCCCO)NCc1ccnc(OCC(F)(F)F)c1. The maximum Gasteiger partial charge on any atom is 0.422 e. The van der Waals surface area contributed by atoms with E-state index in [-0.39, 0.29) is 19.0 Å². The Bertz CT molecular complexity index is 455. The van der Waals surface area contributed by atoms with E-state index >= 15 is 0 Å². The van der Waals surface area contributed by atoms with Crippen LogP contribution in [0.4, 0.5) is 18.0 Å². The first-order valence-electron chi connectivity index (χ1n) is 6.18. The van der Waals surface area contributed by atoms with E-state index in [1.807, 2.05) is 0 Å². The standard InChI is InChI=1S/C12H16F3N3O3/c13-12(14,15)8-21-10-6-9(2-4-16-10)7-18-11(20)17-3-1-5-19/h2,4,6,19H,1,3,5,7-8H2,(H2,17,18,20). The number of aromatic nitrogens is 1. The Balaban J connectivity index is 2.40. The number of nitrogens with one attached hydrogen (secondary N) is 2. The van der Waals surface area contributed by atoms with Gasteiger partial charge in [-0.25, -0.2) is 9.78 Å². The molecular formula is C12H16F3N3O3. The van der Waals surface area contributed by atoms with Gasteiger partial charge < -0.3 is 20.5 Å². The number of nitrogens with zero attached hydrogens (tertiary/aromatic N) is 1. The minimum atomic E-state index is -4.43. The first kappa shape index (κ1) is 17.0. The fraction of sp³-hybridized carbons (Fsp3) is 0.500. The van der Waals surface area contributed by atoms with Gasteiger partial charge in [-0.2, -0.15) is 13.2 Å². The average Bonchev–Trinajstić information content (AvgIpc) is 2.43. The fourth-order valence-corrected chi connectivity index (χ4v) is 1.32. The number of ether oxygens (including phenoxy) is 1. The summed E-state index contributed by atoms with van der Waals surface area (Å²) >= 11 is 0. The smallest absolute Gasteiger partial charge is 0.422 e. The van der Waals surface area contributed by atoms with Gasteiger partial charge in [-0.05, 0) is 18.1 Å². The number of amides is 2. The van der Waals surface area contributed by atoms with Gasteiger partial charge >= 0.3 is 12.2 Å². The van der Waals surface area contributed by atoms with Crippen molar-refractivity contribution in [2.45, 2.75) is 19.1 Å². The number of rotatable bonds is 7. The molecule has 0 aliphatic rings. The van der Waals surface area contributed by atoms with Crippen LogP contribution in [-0.2, 0) is 6.54 Å². The van der Waals surface area contributed by atoms with Crippen LogP contribution >= 0.6 is 0 Å². The van der Waals surface area contributed by atoms with E-state index in [2.05, 4.69) is 20.4 Å². The minimum absolute atomic E-state index is 0.0233. The maximum atomic E-state index is 12.0. The number of carbonyl (C=O) groups is 1. The first-order valence-corrected chi connectivity index (χ1v) is 6.18. The van der Waals surface area contributed by atoms with Gasteiger partial charge in [0.1, 0.15) is 0 Å². The Morgan fingerprint density at radius 2 is 2.14 bits per heavy atom. The molecule has 2 amide bonds. The van der Waals surface area contributed by atoms with Crippen LogP contribution in [0.1, 0.15) is 12.0 Å². The van der Waals surface area contributed by atoms with Gasteiger partial charge in [0.15, 0.2) is 6.61 Å². The van der Waals surface area contributed by atoms with Crippen molar-refractivity contribution in [2.75, 3.05) is 19.8 Å². The third kappa shape index (κ3) is 7.98. The third-order valence-corrected chi connectivity index (χ3v) is 2.26. The molecule has 0 aromatic carbocycles. The number of carbonyl (C=O) groups excluding carboxylic acids is 1. The first-order chi connectivity index (χ1) is 9.90. The second-order valence-corrected chi connectivity index (χ2v) is 4.09. The zero-order valence-corrected chi connectivity index (χ0v) is 11.1. The van der Waals surface area contributed by atoms with Gasteiger partial charge in [-0.3, -0.25) is 0 Å². The van der Waals surface area contributed by atoms with Crippen molar-refractivity contribution < 1.29 is 27.8 Å². The highest BCUT2D eigenvalue weighted by atomic mass is 19.4. The van der Waals surface area contributed by atoms with Gasteiger partial charge in [-0.1, -0.05) is 0 Å². The zero-order chi connectivity index (χ0) is 15.7. The van der Waals surface area contributed by atoms with E-state index in [9.17, 15) is 18.0 Å². The van der Waals surface area contributed by atoms with Crippen molar-refractivity contribution in [1.29, 1.82) is 0 Å². The van der Waals surface area contributed by atoms with Gasteiger partial charge in [0, 0.05) is 32.0 Å². The average molecular weight is 307 g/mol. The molecule has 0 unspecified atom stereocenters. The molecule has 0 atom stereocenters. The Labute approximate surface area is 119 Å². The van der Waals surface area contributed by atoms with Crippen LogP contribution in [0, 0.1) is 0 Å². The second-order valence-electron chi connectivity index (χ2n) is 4.09. The zero-order valence-electron chi connectivity index (χ0n) is 11.1. The highest BCUT2D eigenvalue weighted by Crippen LogP contribution is 2.17. The largest absolute Gasteiger partial charge is 0.468 e. The summed E-state index contributed by atoms with van der Waals surface area (Å²) < 4.78 is 40.5. The van der Waals surface area contributed by atoms with Gasteiger partial charge in [0.2, 0.25) is 5.88 Å². The molecule has 6 nitrogen and oxygen atoms in total. The van der Waals surface area contributed by atoms with Gasteiger partial charge in [-0.15, -0.1) is 0 Å². The maximum absolute atomic E-state index is 12.0.